The summed E-state index contributed by atoms with van der Waals surface area (Å²) in [5.74, 6) is -1.04. The average molecular weight is 243 g/mol. The first-order valence-corrected chi connectivity index (χ1v) is 5.91. The highest BCUT2D eigenvalue weighted by Gasteiger charge is 2.29. The first-order valence-electron chi connectivity index (χ1n) is 5.91. The van der Waals surface area contributed by atoms with Crippen LogP contribution in [-0.4, -0.2) is 53.7 Å². The van der Waals surface area contributed by atoms with Gasteiger partial charge in [0, 0.05) is 18.6 Å². The van der Waals surface area contributed by atoms with Gasteiger partial charge in [0.25, 0.3) is 0 Å². The average Bonchev–Trinajstić information content (AvgIpc) is 3.08. The fourth-order valence-electron chi connectivity index (χ4n) is 1.54. The Bertz CT molecular complexity index is 292. The number of carboxylic acid groups (broad SMARTS) is 1. The lowest BCUT2D eigenvalue weighted by atomic mass is 10.3. The van der Waals surface area contributed by atoms with Crippen LogP contribution in [0.25, 0.3) is 0 Å². The summed E-state index contributed by atoms with van der Waals surface area (Å²) >= 11 is 0. The molecule has 0 aliphatic heterocycles. The second-order valence-corrected chi connectivity index (χ2v) is 4.66. The lowest BCUT2D eigenvalue weighted by Gasteiger charge is -2.24. The largest absolute Gasteiger partial charge is 0.480 e. The van der Waals surface area contributed by atoms with Crippen molar-refractivity contribution in [1.82, 2.24) is 15.5 Å². The van der Waals surface area contributed by atoms with Crippen LogP contribution < -0.4 is 10.6 Å². The summed E-state index contributed by atoms with van der Waals surface area (Å²) < 4.78 is 0. The summed E-state index contributed by atoms with van der Waals surface area (Å²) in [5, 5.41) is 13.7. The third-order valence-corrected chi connectivity index (χ3v) is 3.09. The van der Waals surface area contributed by atoms with E-state index in [1.807, 2.05) is 14.0 Å². The van der Waals surface area contributed by atoms with Crippen molar-refractivity contribution in [3.05, 3.63) is 0 Å². The van der Waals surface area contributed by atoms with E-state index < -0.39 is 18.0 Å². The predicted octanol–water partition coefficient (Wildman–Crippen LogP) is 0.241. The van der Waals surface area contributed by atoms with Crippen molar-refractivity contribution in [3.8, 4) is 0 Å². The van der Waals surface area contributed by atoms with Crippen LogP contribution >= 0.6 is 0 Å². The van der Waals surface area contributed by atoms with Crippen molar-refractivity contribution >= 4 is 12.0 Å². The van der Waals surface area contributed by atoms with Gasteiger partial charge in [-0.1, -0.05) is 0 Å². The number of hydrogen-bond donors (Lipinski definition) is 3. The van der Waals surface area contributed by atoms with Gasteiger partial charge in [0.15, 0.2) is 0 Å². The standard InChI is InChI=1S/C11H21N3O3/c1-7(14(3)9-4-5-9)6-12-11(17)13-8(2)10(15)16/h7-9H,4-6H2,1-3H3,(H,15,16)(H2,12,13,17)/t7?,8-/m1/s1. The molecule has 0 heterocycles. The minimum absolute atomic E-state index is 0.258. The maximum Gasteiger partial charge on any atom is 0.325 e. The van der Waals surface area contributed by atoms with Gasteiger partial charge in [-0.2, -0.15) is 0 Å². The number of urea groups is 1. The Hall–Kier alpha value is -1.30. The molecule has 3 N–H and O–H groups in total. The molecule has 1 aliphatic carbocycles. The number of hydrogen-bond acceptors (Lipinski definition) is 3. The van der Waals surface area contributed by atoms with E-state index in [4.69, 9.17) is 5.11 Å². The van der Waals surface area contributed by atoms with Crippen LogP contribution in [0.5, 0.6) is 0 Å². The van der Waals surface area contributed by atoms with Gasteiger partial charge in [-0.15, -0.1) is 0 Å². The highest BCUT2D eigenvalue weighted by atomic mass is 16.4. The van der Waals surface area contributed by atoms with Gasteiger partial charge in [0.05, 0.1) is 0 Å². The molecule has 1 aliphatic rings. The number of aliphatic carboxylic acids is 1. The molecule has 1 rings (SSSR count). The number of rotatable bonds is 6. The third-order valence-electron chi connectivity index (χ3n) is 3.09. The zero-order valence-corrected chi connectivity index (χ0v) is 10.6. The van der Waals surface area contributed by atoms with Gasteiger partial charge in [0.1, 0.15) is 6.04 Å². The smallest absolute Gasteiger partial charge is 0.325 e. The highest BCUT2D eigenvalue weighted by Crippen LogP contribution is 2.26. The molecular formula is C11H21N3O3. The maximum absolute atomic E-state index is 11.4. The number of nitrogens with one attached hydrogen (secondary N) is 2. The Kier molecular flexibility index (Phi) is 4.74. The second kappa shape index (κ2) is 5.86. The van der Waals surface area contributed by atoms with Crippen molar-refractivity contribution in [3.63, 3.8) is 0 Å². The fourth-order valence-corrected chi connectivity index (χ4v) is 1.54. The van der Waals surface area contributed by atoms with E-state index in [-0.39, 0.29) is 6.04 Å². The summed E-state index contributed by atoms with van der Waals surface area (Å²) in [6.45, 7) is 3.99. The lowest BCUT2D eigenvalue weighted by Crippen LogP contribution is -2.48. The van der Waals surface area contributed by atoms with Crippen molar-refractivity contribution in [2.45, 2.75) is 44.8 Å². The van der Waals surface area contributed by atoms with Crippen LogP contribution in [-0.2, 0) is 4.79 Å². The van der Waals surface area contributed by atoms with Crippen molar-refractivity contribution in [2.24, 2.45) is 0 Å². The van der Waals surface area contributed by atoms with E-state index in [0.29, 0.717) is 12.6 Å². The second-order valence-electron chi connectivity index (χ2n) is 4.66. The van der Waals surface area contributed by atoms with Gasteiger partial charge in [-0.3, -0.25) is 9.69 Å². The fraction of sp³-hybridized carbons (Fsp3) is 0.818. The molecule has 2 amide bonds. The molecule has 17 heavy (non-hydrogen) atoms. The summed E-state index contributed by atoms with van der Waals surface area (Å²) in [5.41, 5.74) is 0. The van der Waals surface area contributed by atoms with Crippen LogP contribution in [0.1, 0.15) is 26.7 Å². The van der Waals surface area contributed by atoms with Crippen LogP contribution in [0.15, 0.2) is 0 Å². The van der Waals surface area contributed by atoms with Gasteiger partial charge >= 0.3 is 12.0 Å². The highest BCUT2D eigenvalue weighted by molar-refractivity contribution is 5.82. The normalized spacial score (nSPS) is 18.6. The van der Waals surface area contributed by atoms with E-state index in [1.165, 1.54) is 19.8 Å². The molecule has 1 saturated carbocycles. The molecule has 98 valence electrons. The Balaban J connectivity index is 2.20. The molecule has 1 unspecified atom stereocenters. The quantitative estimate of drug-likeness (QED) is 0.624. The van der Waals surface area contributed by atoms with E-state index in [9.17, 15) is 9.59 Å². The van der Waals surface area contributed by atoms with Gasteiger partial charge in [-0.25, -0.2) is 4.79 Å². The Morgan fingerprint density at radius 3 is 2.47 bits per heavy atom. The molecule has 0 saturated heterocycles. The molecule has 2 atom stereocenters. The number of carbonyl (C=O) groups is 2. The Labute approximate surface area is 101 Å². The number of nitrogens with zero attached hydrogens (tertiary/aromatic N) is 1. The number of carbonyl (C=O) groups excluding carboxylic acids is 1. The molecule has 0 bridgehead atoms. The summed E-state index contributed by atoms with van der Waals surface area (Å²) in [6.07, 6.45) is 2.45. The Morgan fingerprint density at radius 2 is 2.00 bits per heavy atom. The monoisotopic (exact) mass is 243 g/mol. The first-order chi connectivity index (χ1) is 7.91. The van der Waals surface area contributed by atoms with Crippen LogP contribution in [0, 0.1) is 0 Å². The molecule has 6 nitrogen and oxygen atoms in total. The minimum atomic E-state index is -1.04. The SMILES string of the molecule is CC(CNC(=O)N[C@H](C)C(=O)O)N(C)C1CC1. The van der Waals surface area contributed by atoms with E-state index in [0.717, 1.165) is 0 Å². The number of likely N-dealkylation sites (N-methyl/N-ethyl adjacent to an activating group) is 1. The van der Waals surface area contributed by atoms with E-state index >= 15 is 0 Å². The summed E-state index contributed by atoms with van der Waals surface area (Å²) in [4.78, 5) is 24.1. The van der Waals surface area contributed by atoms with E-state index in [1.54, 1.807) is 0 Å². The number of amides is 2. The minimum Gasteiger partial charge on any atom is -0.480 e. The maximum atomic E-state index is 11.4. The first kappa shape index (κ1) is 13.8. The van der Waals surface area contributed by atoms with Gasteiger partial charge < -0.3 is 15.7 Å². The van der Waals surface area contributed by atoms with Crippen LogP contribution in [0.2, 0.25) is 0 Å². The van der Waals surface area contributed by atoms with Crippen molar-refractivity contribution in [2.75, 3.05) is 13.6 Å². The molecule has 1 fully saturated rings. The molecule has 0 spiro atoms. The van der Waals surface area contributed by atoms with Crippen molar-refractivity contribution in [1.29, 1.82) is 0 Å². The molecule has 6 heteroatoms. The summed E-state index contributed by atoms with van der Waals surface area (Å²) in [6, 6.07) is -0.399. The van der Waals surface area contributed by atoms with Crippen LogP contribution in [0.4, 0.5) is 4.79 Å². The summed E-state index contributed by atoms with van der Waals surface area (Å²) in [7, 11) is 2.04. The molecule has 0 aromatic rings. The van der Waals surface area contributed by atoms with E-state index in [2.05, 4.69) is 15.5 Å². The molecule has 0 aromatic carbocycles. The van der Waals surface area contributed by atoms with Gasteiger partial charge in [-0.05, 0) is 33.7 Å². The Morgan fingerprint density at radius 1 is 1.41 bits per heavy atom. The van der Waals surface area contributed by atoms with Crippen LogP contribution in [0.3, 0.4) is 0 Å². The predicted molar refractivity (Wildman–Crippen MR) is 63.9 cm³/mol. The number of carboxylic acids is 1. The lowest BCUT2D eigenvalue weighted by molar-refractivity contribution is -0.138. The van der Waals surface area contributed by atoms with Gasteiger partial charge in [0.2, 0.25) is 0 Å². The van der Waals surface area contributed by atoms with Crippen molar-refractivity contribution < 1.29 is 14.7 Å². The third kappa shape index (κ3) is 4.60. The topological polar surface area (TPSA) is 81.7 Å². The zero-order valence-electron chi connectivity index (χ0n) is 10.6. The molecule has 0 radical (unpaired) electrons. The molecular weight excluding hydrogens is 222 g/mol. The molecule has 0 aromatic heterocycles. The zero-order chi connectivity index (χ0) is 13.0.